The third-order valence-corrected chi connectivity index (χ3v) is 1.97. The van der Waals surface area contributed by atoms with E-state index in [4.69, 9.17) is 10.5 Å². The number of carbonyl (C=O) groups excluding carboxylic acids is 1. The molecule has 2 N–H and O–H groups in total. The fraction of sp³-hybridized carbons (Fsp3) is 0.222. The summed E-state index contributed by atoms with van der Waals surface area (Å²) in [5, 5.41) is 0. The predicted octanol–water partition coefficient (Wildman–Crippen LogP) is 0.648. The van der Waals surface area contributed by atoms with Crippen molar-refractivity contribution in [2.45, 2.75) is 6.04 Å². The lowest BCUT2D eigenvalue weighted by Crippen LogP contribution is -2.31. The van der Waals surface area contributed by atoms with Gasteiger partial charge in [-0.2, -0.15) is 0 Å². The van der Waals surface area contributed by atoms with Crippen LogP contribution in [0.2, 0.25) is 0 Å². The highest BCUT2D eigenvalue weighted by Gasteiger charge is 2.24. The molecule has 3 heteroatoms. The Morgan fingerprint density at radius 1 is 1.42 bits per heavy atom. The van der Waals surface area contributed by atoms with E-state index in [0.717, 1.165) is 11.3 Å². The number of nitrogens with two attached hydrogens (primary N) is 1. The maximum absolute atomic E-state index is 11.1. The van der Waals surface area contributed by atoms with Crippen LogP contribution in [0.1, 0.15) is 11.6 Å². The number of ketones is 1. The van der Waals surface area contributed by atoms with Crippen molar-refractivity contribution in [3.05, 3.63) is 29.8 Å². The van der Waals surface area contributed by atoms with Gasteiger partial charge in [-0.25, -0.2) is 0 Å². The summed E-state index contributed by atoms with van der Waals surface area (Å²) < 4.78 is 5.18. The lowest BCUT2D eigenvalue weighted by Gasteiger charge is -2.21. The quantitative estimate of drug-likeness (QED) is 0.610. The number of carbonyl (C=O) groups is 1. The Morgan fingerprint density at radius 2 is 2.17 bits per heavy atom. The van der Waals surface area contributed by atoms with Gasteiger partial charge in [-0.15, -0.1) is 0 Å². The van der Waals surface area contributed by atoms with Gasteiger partial charge in [-0.05, 0) is 6.07 Å². The van der Waals surface area contributed by atoms with Crippen molar-refractivity contribution >= 4 is 5.78 Å². The fourth-order valence-corrected chi connectivity index (χ4v) is 1.28. The minimum Gasteiger partial charge on any atom is -0.485 e. The first-order valence-corrected chi connectivity index (χ1v) is 3.79. The Hall–Kier alpha value is -1.35. The molecule has 1 aromatic rings. The number of hydrogen-bond acceptors (Lipinski definition) is 3. The summed E-state index contributed by atoms with van der Waals surface area (Å²) in [7, 11) is 0. The van der Waals surface area contributed by atoms with Crippen molar-refractivity contribution in [3.8, 4) is 5.75 Å². The Labute approximate surface area is 70.1 Å². The second-order valence-corrected chi connectivity index (χ2v) is 2.77. The van der Waals surface area contributed by atoms with Crippen LogP contribution in [0.4, 0.5) is 0 Å². The van der Waals surface area contributed by atoms with Crippen molar-refractivity contribution in [3.63, 3.8) is 0 Å². The molecule has 0 radical (unpaired) electrons. The molecular formula is C9H9NO2. The number of para-hydroxylation sites is 1. The predicted molar refractivity (Wildman–Crippen MR) is 43.9 cm³/mol. The van der Waals surface area contributed by atoms with Crippen molar-refractivity contribution in [2.24, 2.45) is 5.73 Å². The molecule has 0 spiro atoms. The minimum atomic E-state index is -0.505. The smallest absolute Gasteiger partial charge is 0.191 e. The summed E-state index contributed by atoms with van der Waals surface area (Å²) in [5.74, 6) is 0.665. The first kappa shape index (κ1) is 7.31. The van der Waals surface area contributed by atoms with Crippen LogP contribution in [0.25, 0.3) is 0 Å². The van der Waals surface area contributed by atoms with Gasteiger partial charge >= 0.3 is 0 Å². The van der Waals surface area contributed by atoms with Gasteiger partial charge in [0.2, 0.25) is 0 Å². The summed E-state index contributed by atoms with van der Waals surface area (Å²) in [6.07, 6.45) is 0. The van der Waals surface area contributed by atoms with E-state index in [9.17, 15) is 4.79 Å². The standard InChI is InChI=1S/C9H9NO2/c10-9-6-3-1-2-4-8(6)12-5-7(9)11/h1-4,9H,5,10H2. The molecule has 1 unspecified atom stereocenters. The zero-order chi connectivity index (χ0) is 8.55. The lowest BCUT2D eigenvalue weighted by molar-refractivity contribution is -0.123. The van der Waals surface area contributed by atoms with Gasteiger partial charge in [0.25, 0.3) is 0 Å². The van der Waals surface area contributed by atoms with Crippen LogP contribution in [-0.4, -0.2) is 12.4 Å². The van der Waals surface area contributed by atoms with E-state index in [0.29, 0.717) is 0 Å². The summed E-state index contributed by atoms with van der Waals surface area (Å²) in [4.78, 5) is 11.1. The number of ether oxygens (including phenoxy) is 1. The molecule has 1 aliphatic heterocycles. The van der Waals surface area contributed by atoms with Crippen LogP contribution >= 0.6 is 0 Å². The van der Waals surface area contributed by atoms with Crippen molar-refractivity contribution in [2.75, 3.05) is 6.61 Å². The van der Waals surface area contributed by atoms with Crippen LogP contribution < -0.4 is 10.5 Å². The zero-order valence-corrected chi connectivity index (χ0v) is 6.49. The van der Waals surface area contributed by atoms with Gasteiger partial charge in [0.05, 0.1) is 6.04 Å². The molecule has 0 saturated carbocycles. The molecule has 3 nitrogen and oxygen atoms in total. The van der Waals surface area contributed by atoms with Crippen LogP contribution in [0.3, 0.4) is 0 Å². The average Bonchev–Trinajstić information content (AvgIpc) is 2.12. The number of fused-ring (bicyclic) bond motifs is 1. The average molecular weight is 163 g/mol. The molecule has 1 aliphatic rings. The second kappa shape index (κ2) is 2.60. The molecule has 12 heavy (non-hydrogen) atoms. The van der Waals surface area contributed by atoms with Gasteiger partial charge in [0, 0.05) is 5.56 Å². The summed E-state index contributed by atoms with van der Waals surface area (Å²) >= 11 is 0. The summed E-state index contributed by atoms with van der Waals surface area (Å²) in [6, 6.07) is 6.84. The topological polar surface area (TPSA) is 52.3 Å². The van der Waals surface area contributed by atoms with E-state index in [-0.39, 0.29) is 12.4 Å². The van der Waals surface area contributed by atoms with Gasteiger partial charge in [0.1, 0.15) is 12.4 Å². The number of rotatable bonds is 0. The van der Waals surface area contributed by atoms with Crippen molar-refractivity contribution in [1.82, 2.24) is 0 Å². The summed E-state index contributed by atoms with van der Waals surface area (Å²) in [5.41, 5.74) is 6.45. The van der Waals surface area contributed by atoms with Crippen LogP contribution in [0.15, 0.2) is 24.3 Å². The molecule has 0 amide bonds. The van der Waals surface area contributed by atoms with E-state index in [1.807, 2.05) is 24.3 Å². The lowest BCUT2D eigenvalue weighted by atomic mass is 10.0. The molecule has 1 heterocycles. The van der Waals surface area contributed by atoms with Crippen LogP contribution in [-0.2, 0) is 4.79 Å². The summed E-state index contributed by atoms with van der Waals surface area (Å²) in [6.45, 7) is 0.0954. The molecule has 1 aromatic carbocycles. The van der Waals surface area contributed by atoms with E-state index >= 15 is 0 Å². The van der Waals surface area contributed by atoms with Gasteiger partial charge in [-0.1, -0.05) is 18.2 Å². The van der Waals surface area contributed by atoms with E-state index < -0.39 is 6.04 Å². The zero-order valence-electron chi connectivity index (χ0n) is 6.49. The Bertz CT molecular complexity index is 322. The number of hydrogen-bond donors (Lipinski definition) is 1. The first-order chi connectivity index (χ1) is 5.79. The maximum Gasteiger partial charge on any atom is 0.191 e. The minimum absolute atomic E-state index is 0.0614. The Balaban J connectivity index is 2.48. The maximum atomic E-state index is 11.1. The van der Waals surface area contributed by atoms with Crippen LogP contribution in [0, 0.1) is 0 Å². The van der Waals surface area contributed by atoms with E-state index in [1.54, 1.807) is 0 Å². The van der Waals surface area contributed by atoms with Gasteiger partial charge < -0.3 is 10.5 Å². The highest BCUT2D eigenvalue weighted by Crippen LogP contribution is 2.27. The highest BCUT2D eigenvalue weighted by molar-refractivity contribution is 5.88. The van der Waals surface area contributed by atoms with Crippen LogP contribution in [0.5, 0.6) is 5.75 Å². The molecule has 0 aromatic heterocycles. The molecule has 0 saturated heterocycles. The Kier molecular flexibility index (Phi) is 1.59. The molecule has 0 fully saturated rings. The molecule has 62 valence electrons. The van der Waals surface area contributed by atoms with E-state index in [1.165, 1.54) is 0 Å². The van der Waals surface area contributed by atoms with E-state index in [2.05, 4.69) is 0 Å². The van der Waals surface area contributed by atoms with Gasteiger partial charge in [0.15, 0.2) is 5.78 Å². The molecule has 0 aliphatic carbocycles. The third-order valence-electron chi connectivity index (χ3n) is 1.97. The third kappa shape index (κ3) is 0.987. The molecular weight excluding hydrogens is 154 g/mol. The number of Topliss-reactive ketones (excluding diaryl/α,β-unsaturated/α-hetero) is 1. The Morgan fingerprint density at radius 3 is 3.00 bits per heavy atom. The molecule has 1 atom stereocenters. The SMILES string of the molecule is NC1C(=O)COc2ccccc21. The fourth-order valence-electron chi connectivity index (χ4n) is 1.28. The normalized spacial score (nSPS) is 21.4. The van der Waals surface area contributed by atoms with Crippen molar-refractivity contribution < 1.29 is 9.53 Å². The first-order valence-electron chi connectivity index (χ1n) is 3.79. The highest BCUT2D eigenvalue weighted by atomic mass is 16.5. The largest absolute Gasteiger partial charge is 0.485 e. The molecule has 0 bridgehead atoms. The number of benzene rings is 1. The second-order valence-electron chi connectivity index (χ2n) is 2.77. The monoisotopic (exact) mass is 163 g/mol. The molecule has 2 rings (SSSR count). The van der Waals surface area contributed by atoms with Crippen molar-refractivity contribution in [1.29, 1.82) is 0 Å². The van der Waals surface area contributed by atoms with Gasteiger partial charge in [-0.3, -0.25) is 4.79 Å².